The van der Waals surface area contributed by atoms with Gasteiger partial charge in [0.2, 0.25) is 10.0 Å². The smallest absolute Gasteiger partial charge is 0.211 e. The van der Waals surface area contributed by atoms with E-state index in [-0.39, 0.29) is 12.6 Å². The van der Waals surface area contributed by atoms with E-state index in [0.29, 0.717) is 38.5 Å². The number of rotatable bonds is 3. The lowest BCUT2D eigenvalue weighted by atomic mass is 10.1. The van der Waals surface area contributed by atoms with Gasteiger partial charge in [0.15, 0.2) is 6.79 Å². The van der Waals surface area contributed by atoms with E-state index in [4.69, 9.17) is 9.47 Å². The molecule has 0 saturated carbocycles. The number of ether oxygens (including phenoxy) is 2. The van der Waals surface area contributed by atoms with Crippen LogP contribution in [0.1, 0.15) is 17.5 Å². The molecule has 128 valence electrons. The van der Waals surface area contributed by atoms with Gasteiger partial charge in [-0.1, -0.05) is 0 Å². The molecule has 1 fully saturated rings. The van der Waals surface area contributed by atoms with Gasteiger partial charge >= 0.3 is 0 Å². The second-order valence-corrected chi connectivity index (χ2v) is 7.94. The molecular weight excluding hydrogens is 323 g/mol. The zero-order valence-corrected chi connectivity index (χ0v) is 13.9. The van der Waals surface area contributed by atoms with Crippen molar-refractivity contribution in [2.24, 2.45) is 0 Å². The van der Waals surface area contributed by atoms with Crippen LogP contribution in [0, 0.1) is 5.82 Å². The molecule has 0 unspecified atom stereocenters. The summed E-state index contributed by atoms with van der Waals surface area (Å²) in [6, 6.07) is 2.93. The molecule has 1 saturated heterocycles. The quantitative estimate of drug-likeness (QED) is 0.824. The Labute approximate surface area is 135 Å². The fourth-order valence-corrected chi connectivity index (χ4v) is 3.93. The molecule has 0 amide bonds. The van der Waals surface area contributed by atoms with Crippen LogP contribution in [0.25, 0.3) is 0 Å². The number of fused-ring (bicyclic) bond motifs is 1. The predicted octanol–water partition coefficient (Wildman–Crippen LogP) is 1.16. The predicted molar refractivity (Wildman–Crippen MR) is 83.0 cm³/mol. The molecule has 2 aliphatic heterocycles. The number of halogens is 1. The van der Waals surface area contributed by atoms with Gasteiger partial charge in [-0.2, -0.15) is 0 Å². The summed E-state index contributed by atoms with van der Waals surface area (Å²) in [5.74, 6) is 0.391. The first-order valence-electron chi connectivity index (χ1n) is 7.63. The van der Waals surface area contributed by atoms with Crippen molar-refractivity contribution in [3.8, 4) is 5.75 Å². The van der Waals surface area contributed by atoms with Crippen LogP contribution in [-0.4, -0.2) is 56.9 Å². The van der Waals surface area contributed by atoms with Crippen molar-refractivity contribution in [3.05, 3.63) is 29.1 Å². The summed E-state index contributed by atoms with van der Waals surface area (Å²) >= 11 is 0. The maximum atomic E-state index is 13.8. The molecule has 0 N–H and O–H groups in total. The molecule has 3 rings (SSSR count). The Morgan fingerprint density at radius 3 is 2.83 bits per heavy atom. The van der Waals surface area contributed by atoms with Gasteiger partial charge in [-0.25, -0.2) is 17.1 Å². The van der Waals surface area contributed by atoms with Crippen LogP contribution in [0.2, 0.25) is 0 Å². The molecule has 2 heterocycles. The molecule has 0 aromatic heterocycles. The van der Waals surface area contributed by atoms with Gasteiger partial charge in [0.05, 0.1) is 12.9 Å². The number of hydrogen-bond donors (Lipinski definition) is 0. The molecule has 0 aliphatic carbocycles. The van der Waals surface area contributed by atoms with Crippen LogP contribution in [0.5, 0.6) is 5.75 Å². The summed E-state index contributed by atoms with van der Waals surface area (Å²) in [5, 5.41) is 0. The van der Waals surface area contributed by atoms with Gasteiger partial charge in [-0.3, -0.25) is 4.90 Å². The number of sulfonamides is 1. The largest absolute Gasteiger partial charge is 0.467 e. The first-order valence-corrected chi connectivity index (χ1v) is 9.47. The van der Waals surface area contributed by atoms with Gasteiger partial charge in [-0.05, 0) is 25.1 Å². The second kappa shape index (κ2) is 6.72. The average molecular weight is 344 g/mol. The van der Waals surface area contributed by atoms with Crippen LogP contribution in [0.3, 0.4) is 0 Å². The van der Waals surface area contributed by atoms with E-state index in [2.05, 4.69) is 4.90 Å². The second-order valence-electron chi connectivity index (χ2n) is 5.96. The molecule has 0 atom stereocenters. The average Bonchev–Trinajstić information content (AvgIpc) is 2.72. The van der Waals surface area contributed by atoms with Crippen molar-refractivity contribution in [2.45, 2.75) is 19.6 Å². The molecule has 6 nitrogen and oxygen atoms in total. The zero-order chi connectivity index (χ0) is 16.4. The van der Waals surface area contributed by atoms with Gasteiger partial charge < -0.3 is 9.47 Å². The number of benzene rings is 1. The summed E-state index contributed by atoms with van der Waals surface area (Å²) in [6.07, 6.45) is 1.99. The standard InChI is InChI=1S/C15H21FN2O4S/c1-23(19,20)18-4-2-3-17(5-6-18)9-12-7-14(16)8-13-10-21-11-22-15(12)13/h7-8H,2-6,9-11H2,1H3. The summed E-state index contributed by atoms with van der Waals surface area (Å²) in [6.45, 7) is 3.44. The highest BCUT2D eigenvalue weighted by atomic mass is 32.2. The third-order valence-electron chi connectivity index (χ3n) is 4.16. The Morgan fingerprint density at radius 2 is 2.04 bits per heavy atom. The number of nitrogens with zero attached hydrogens (tertiary/aromatic N) is 2. The fraction of sp³-hybridized carbons (Fsp3) is 0.600. The SMILES string of the molecule is CS(=O)(=O)N1CCCN(Cc2cc(F)cc3c2OCOC3)CC1. The van der Waals surface area contributed by atoms with E-state index in [1.165, 1.54) is 22.7 Å². The highest BCUT2D eigenvalue weighted by Gasteiger charge is 2.23. The van der Waals surface area contributed by atoms with E-state index in [1.807, 2.05) is 0 Å². The van der Waals surface area contributed by atoms with Gasteiger partial charge in [-0.15, -0.1) is 0 Å². The van der Waals surface area contributed by atoms with E-state index in [1.54, 1.807) is 0 Å². The minimum atomic E-state index is -3.16. The zero-order valence-electron chi connectivity index (χ0n) is 13.1. The van der Waals surface area contributed by atoms with Crippen molar-refractivity contribution in [2.75, 3.05) is 39.2 Å². The lowest BCUT2D eigenvalue weighted by Crippen LogP contribution is -2.34. The summed E-state index contributed by atoms with van der Waals surface area (Å²) < 4.78 is 49.3. The van der Waals surface area contributed by atoms with E-state index in [0.717, 1.165) is 24.1 Å². The van der Waals surface area contributed by atoms with E-state index in [9.17, 15) is 12.8 Å². The third kappa shape index (κ3) is 4.00. The van der Waals surface area contributed by atoms with Crippen molar-refractivity contribution in [1.82, 2.24) is 9.21 Å². The van der Waals surface area contributed by atoms with Crippen LogP contribution < -0.4 is 4.74 Å². The number of hydrogen-bond acceptors (Lipinski definition) is 5. The highest BCUT2D eigenvalue weighted by molar-refractivity contribution is 7.88. The van der Waals surface area contributed by atoms with Crippen molar-refractivity contribution >= 4 is 10.0 Å². The van der Waals surface area contributed by atoms with Gasteiger partial charge in [0.1, 0.15) is 11.6 Å². The van der Waals surface area contributed by atoms with Crippen LogP contribution in [0.4, 0.5) is 4.39 Å². The van der Waals surface area contributed by atoms with Gasteiger partial charge in [0.25, 0.3) is 0 Å². The molecule has 0 bridgehead atoms. The molecule has 2 aliphatic rings. The van der Waals surface area contributed by atoms with Crippen molar-refractivity contribution in [1.29, 1.82) is 0 Å². The lowest BCUT2D eigenvalue weighted by molar-refractivity contribution is -0.0177. The molecular formula is C15H21FN2O4S. The lowest BCUT2D eigenvalue weighted by Gasteiger charge is -2.25. The summed E-state index contributed by atoms with van der Waals surface area (Å²) in [4.78, 5) is 2.14. The first kappa shape index (κ1) is 16.6. The Balaban J connectivity index is 1.74. The van der Waals surface area contributed by atoms with Gasteiger partial charge in [0, 0.05) is 37.3 Å². The van der Waals surface area contributed by atoms with Crippen molar-refractivity contribution < 1.29 is 22.3 Å². The fourth-order valence-electron chi connectivity index (χ4n) is 3.05. The monoisotopic (exact) mass is 344 g/mol. The van der Waals surface area contributed by atoms with Crippen LogP contribution in [0.15, 0.2) is 12.1 Å². The van der Waals surface area contributed by atoms with E-state index >= 15 is 0 Å². The van der Waals surface area contributed by atoms with Crippen molar-refractivity contribution in [3.63, 3.8) is 0 Å². The minimum Gasteiger partial charge on any atom is -0.467 e. The van der Waals surface area contributed by atoms with E-state index < -0.39 is 10.0 Å². The Hall–Kier alpha value is -1.22. The first-order chi connectivity index (χ1) is 10.9. The Morgan fingerprint density at radius 1 is 1.22 bits per heavy atom. The normalized spacial score (nSPS) is 20.6. The Bertz CT molecular complexity index is 680. The molecule has 0 spiro atoms. The third-order valence-corrected chi connectivity index (χ3v) is 5.47. The van der Waals surface area contributed by atoms with Crippen LogP contribution in [-0.2, 0) is 27.9 Å². The topological polar surface area (TPSA) is 59.1 Å². The summed E-state index contributed by atoms with van der Waals surface area (Å²) in [7, 11) is -3.16. The summed E-state index contributed by atoms with van der Waals surface area (Å²) in [5.41, 5.74) is 1.51. The maximum absolute atomic E-state index is 13.8. The highest BCUT2D eigenvalue weighted by Crippen LogP contribution is 2.30. The minimum absolute atomic E-state index is 0.174. The molecule has 1 aromatic carbocycles. The Kier molecular flexibility index (Phi) is 4.86. The molecule has 23 heavy (non-hydrogen) atoms. The van der Waals surface area contributed by atoms with Crippen LogP contribution >= 0.6 is 0 Å². The maximum Gasteiger partial charge on any atom is 0.211 e. The molecule has 0 radical (unpaired) electrons. The molecule has 8 heteroatoms. The molecule has 1 aromatic rings.